The van der Waals surface area contributed by atoms with Crippen LogP contribution in [0.25, 0.3) is 66.6 Å². The highest BCUT2D eigenvalue weighted by Crippen LogP contribution is 2.45. The molecule has 0 spiro atoms. The summed E-state index contributed by atoms with van der Waals surface area (Å²) in [6.45, 7) is 0. The van der Waals surface area contributed by atoms with Crippen LogP contribution in [0, 0.1) is 0 Å². The minimum Gasteiger partial charge on any atom is -0.383 e. The van der Waals surface area contributed by atoms with E-state index in [-0.39, 0.29) is 0 Å². The Morgan fingerprint density at radius 2 is 1.06 bits per heavy atom. The van der Waals surface area contributed by atoms with Crippen LogP contribution < -0.4 is 11.1 Å². The molecule has 3 aromatic heterocycles. The summed E-state index contributed by atoms with van der Waals surface area (Å²) in [5, 5.41) is 7.02. The lowest BCUT2D eigenvalue weighted by Crippen LogP contribution is -2.01. The fourth-order valence-corrected chi connectivity index (χ4v) is 6.94. The standard InChI is InChI=1S/C43H31N5/c44-43-42(45-32-19-9-3-10-20-32)41-38(47(43)33-21-11-4-12-22-33)26-25-37-40(41)34-23-13-14-24-36(34)48(37)39-28-31(29-15-5-1-6-16-29)27-35(46-39)30-17-7-2-8-18-30/h1-28,45H,44H2. The SMILES string of the molecule is Nc1c(Nc2ccccc2)c2c3c4ccccc4n(-c4cc(-c5ccccc5)cc(-c5ccccc5)n4)c3ccc2n1-c1ccccc1. The van der Waals surface area contributed by atoms with Crippen LogP contribution in [-0.4, -0.2) is 14.1 Å². The molecule has 0 saturated heterocycles. The van der Waals surface area contributed by atoms with Crippen molar-refractivity contribution in [3.63, 3.8) is 0 Å². The zero-order chi connectivity index (χ0) is 32.0. The number of para-hydroxylation sites is 3. The fraction of sp³-hybridized carbons (Fsp3) is 0. The third-order valence-electron chi connectivity index (χ3n) is 9.08. The van der Waals surface area contributed by atoms with Crippen LogP contribution in [0.15, 0.2) is 170 Å². The summed E-state index contributed by atoms with van der Waals surface area (Å²) in [7, 11) is 0. The van der Waals surface area contributed by atoms with Gasteiger partial charge in [-0.05, 0) is 65.7 Å². The van der Waals surface area contributed by atoms with Crippen LogP contribution >= 0.6 is 0 Å². The molecular formula is C43H31N5. The monoisotopic (exact) mass is 617 g/mol. The van der Waals surface area contributed by atoms with E-state index in [0.717, 1.165) is 78.0 Å². The lowest BCUT2D eigenvalue weighted by Gasteiger charge is -2.13. The average molecular weight is 618 g/mol. The molecule has 0 bridgehead atoms. The van der Waals surface area contributed by atoms with Gasteiger partial charge in [-0.2, -0.15) is 0 Å². The Morgan fingerprint density at radius 3 is 1.77 bits per heavy atom. The van der Waals surface area contributed by atoms with Crippen molar-refractivity contribution in [3.05, 3.63) is 170 Å². The molecule has 0 unspecified atom stereocenters. The van der Waals surface area contributed by atoms with E-state index in [2.05, 4.69) is 142 Å². The van der Waals surface area contributed by atoms with E-state index in [1.54, 1.807) is 0 Å². The first-order valence-corrected chi connectivity index (χ1v) is 16.1. The van der Waals surface area contributed by atoms with Crippen molar-refractivity contribution in [2.75, 3.05) is 11.1 Å². The number of benzene rings is 6. The quantitative estimate of drug-likeness (QED) is 0.195. The van der Waals surface area contributed by atoms with Crippen molar-refractivity contribution in [1.82, 2.24) is 14.1 Å². The first-order chi connectivity index (χ1) is 23.7. The third-order valence-corrected chi connectivity index (χ3v) is 9.08. The number of nitrogens with zero attached hydrogens (tertiary/aromatic N) is 3. The zero-order valence-corrected chi connectivity index (χ0v) is 26.1. The largest absolute Gasteiger partial charge is 0.383 e. The van der Waals surface area contributed by atoms with Crippen molar-refractivity contribution in [2.45, 2.75) is 0 Å². The molecule has 0 aliphatic carbocycles. The minimum atomic E-state index is 0.653. The Bertz CT molecular complexity index is 2510. The molecule has 0 saturated carbocycles. The number of aromatic nitrogens is 3. The highest BCUT2D eigenvalue weighted by atomic mass is 15.1. The maximum Gasteiger partial charge on any atom is 0.138 e. The molecule has 0 fully saturated rings. The third kappa shape index (κ3) is 4.52. The zero-order valence-electron chi connectivity index (χ0n) is 26.1. The summed E-state index contributed by atoms with van der Waals surface area (Å²) in [4.78, 5) is 5.33. The molecule has 228 valence electrons. The number of rotatable bonds is 6. The lowest BCUT2D eigenvalue weighted by molar-refractivity contribution is 1.08. The second-order valence-corrected chi connectivity index (χ2v) is 12.0. The van der Waals surface area contributed by atoms with Gasteiger partial charge in [0.2, 0.25) is 0 Å². The molecule has 9 aromatic rings. The number of anilines is 3. The molecule has 48 heavy (non-hydrogen) atoms. The number of hydrogen-bond donors (Lipinski definition) is 2. The molecular weight excluding hydrogens is 587 g/mol. The van der Waals surface area contributed by atoms with Gasteiger partial charge in [0.1, 0.15) is 11.6 Å². The summed E-state index contributed by atoms with van der Waals surface area (Å²) in [6, 6.07) is 58.8. The van der Waals surface area contributed by atoms with Gasteiger partial charge in [-0.3, -0.25) is 9.13 Å². The van der Waals surface area contributed by atoms with Gasteiger partial charge in [0.15, 0.2) is 0 Å². The van der Waals surface area contributed by atoms with Crippen molar-refractivity contribution >= 4 is 49.9 Å². The topological polar surface area (TPSA) is 60.8 Å². The highest BCUT2D eigenvalue weighted by Gasteiger charge is 2.24. The lowest BCUT2D eigenvalue weighted by atomic mass is 10.0. The summed E-state index contributed by atoms with van der Waals surface area (Å²) in [5.41, 5.74) is 17.4. The van der Waals surface area contributed by atoms with Crippen LogP contribution in [0.1, 0.15) is 0 Å². The second kappa shape index (κ2) is 11.3. The Labute approximate surface area is 278 Å². The Morgan fingerprint density at radius 1 is 0.479 bits per heavy atom. The van der Waals surface area contributed by atoms with E-state index in [4.69, 9.17) is 10.7 Å². The molecule has 5 nitrogen and oxygen atoms in total. The molecule has 5 heteroatoms. The highest BCUT2D eigenvalue weighted by molar-refractivity contribution is 6.26. The predicted octanol–water partition coefficient (Wildman–Crippen LogP) is 10.8. The molecule has 3 N–H and O–H groups in total. The maximum absolute atomic E-state index is 7.10. The molecule has 6 aromatic carbocycles. The van der Waals surface area contributed by atoms with E-state index >= 15 is 0 Å². The first kappa shape index (κ1) is 27.7. The van der Waals surface area contributed by atoms with E-state index < -0.39 is 0 Å². The van der Waals surface area contributed by atoms with Crippen molar-refractivity contribution in [3.8, 4) is 33.9 Å². The molecule has 0 aliphatic heterocycles. The van der Waals surface area contributed by atoms with Crippen molar-refractivity contribution < 1.29 is 0 Å². The van der Waals surface area contributed by atoms with Crippen LogP contribution in [0.3, 0.4) is 0 Å². The number of nitrogens with two attached hydrogens (primary N) is 1. The summed E-state index contributed by atoms with van der Waals surface area (Å²) >= 11 is 0. The number of fused-ring (bicyclic) bond motifs is 5. The van der Waals surface area contributed by atoms with Gasteiger partial charge in [0, 0.05) is 33.1 Å². The Balaban J connectivity index is 1.39. The number of nitrogens with one attached hydrogen (secondary N) is 1. The van der Waals surface area contributed by atoms with E-state index in [1.165, 1.54) is 0 Å². The van der Waals surface area contributed by atoms with Gasteiger partial charge < -0.3 is 11.1 Å². The summed E-state index contributed by atoms with van der Waals surface area (Å²) in [5.74, 6) is 1.51. The summed E-state index contributed by atoms with van der Waals surface area (Å²) < 4.78 is 4.44. The number of pyridine rings is 1. The van der Waals surface area contributed by atoms with Gasteiger partial charge in [0.25, 0.3) is 0 Å². The second-order valence-electron chi connectivity index (χ2n) is 12.0. The van der Waals surface area contributed by atoms with Crippen molar-refractivity contribution in [2.24, 2.45) is 0 Å². The van der Waals surface area contributed by atoms with Gasteiger partial charge in [-0.25, -0.2) is 4.98 Å². The molecule has 3 heterocycles. The van der Waals surface area contributed by atoms with E-state index in [0.29, 0.717) is 5.82 Å². The van der Waals surface area contributed by atoms with Gasteiger partial charge in [0.05, 0.1) is 27.9 Å². The fourth-order valence-electron chi connectivity index (χ4n) is 6.94. The van der Waals surface area contributed by atoms with Gasteiger partial charge in [-0.15, -0.1) is 0 Å². The molecule has 9 rings (SSSR count). The van der Waals surface area contributed by atoms with E-state index in [1.807, 2.05) is 42.5 Å². The van der Waals surface area contributed by atoms with Crippen LogP contribution in [0.5, 0.6) is 0 Å². The van der Waals surface area contributed by atoms with Gasteiger partial charge >= 0.3 is 0 Å². The van der Waals surface area contributed by atoms with Crippen molar-refractivity contribution in [1.29, 1.82) is 0 Å². The molecule has 0 atom stereocenters. The Hall–Kier alpha value is -6.59. The normalized spacial score (nSPS) is 11.4. The first-order valence-electron chi connectivity index (χ1n) is 16.1. The minimum absolute atomic E-state index is 0.653. The molecule has 0 radical (unpaired) electrons. The molecule has 0 aliphatic rings. The molecule has 0 amide bonds. The van der Waals surface area contributed by atoms with Crippen LogP contribution in [0.2, 0.25) is 0 Å². The van der Waals surface area contributed by atoms with E-state index in [9.17, 15) is 0 Å². The smallest absolute Gasteiger partial charge is 0.138 e. The Kier molecular flexibility index (Phi) is 6.54. The predicted molar refractivity (Wildman–Crippen MR) is 200 cm³/mol. The average Bonchev–Trinajstić information content (AvgIpc) is 3.64. The van der Waals surface area contributed by atoms with Gasteiger partial charge in [-0.1, -0.05) is 115 Å². The maximum atomic E-state index is 7.10. The van der Waals surface area contributed by atoms with Crippen LogP contribution in [0.4, 0.5) is 17.2 Å². The number of nitrogen functional groups attached to an aromatic ring is 1. The number of hydrogen-bond acceptors (Lipinski definition) is 3. The van der Waals surface area contributed by atoms with Crippen LogP contribution in [-0.2, 0) is 0 Å². The summed E-state index contributed by atoms with van der Waals surface area (Å²) in [6.07, 6.45) is 0.